The van der Waals surface area contributed by atoms with E-state index in [1.807, 2.05) is 54.6 Å². The number of hydrogen-bond acceptors (Lipinski definition) is 7. The number of allylic oxidation sites excluding steroid dienone is 2. The number of methoxy groups -OCH3 is 1. The predicted molar refractivity (Wildman–Crippen MR) is 134 cm³/mol. The first kappa shape index (κ1) is 21.6. The van der Waals surface area contributed by atoms with Crippen molar-refractivity contribution in [3.05, 3.63) is 99.6 Å². The van der Waals surface area contributed by atoms with Crippen LogP contribution in [0.1, 0.15) is 40.8 Å². The van der Waals surface area contributed by atoms with Crippen LogP contribution < -0.4 is 14.8 Å². The first-order chi connectivity index (χ1) is 17.2. The summed E-state index contributed by atoms with van der Waals surface area (Å²) in [6.07, 6.45) is 2.76. The molecule has 0 saturated carbocycles. The number of carbonyl (C=O) groups excluding carboxylic acids is 1. The molecule has 0 radical (unpaired) electrons. The van der Waals surface area contributed by atoms with Crippen LogP contribution in [0.2, 0.25) is 0 Å². The Kier molecular flexibility index (Phi) is 5.58. The van der Waals surface area contributed by atoms with E-state index in [0.717, 1.165) is 28.8 Å². The number of benzene rings is 2. The second kappa shape index (κ2) is 9.03. The minimum absolute atomic E-state index is 0.130. The normalized spacial score (nSPS) is 19.1. The summed E-state index contributed by atoms with van der Waals surface area (Å²) in [4.78, 5) is 19.2. The van der Waals surface area contributed by atoms with Crippen LogP contribution in [0.4, 0.5) is 5.95 Å². The SMILES string of the molecule is COc1ccc([C@H]2C3=C(C[C@@H](c4cccs4)CC3=O)Nc3ncnn32)cc1OCc1ccccc1. The van der Waals surface area contributed by atoms with Crippen molar-refractivity contribution in [2.45, 2.75) is 31.4 Å². The fourth-order valence-corrected chi connectivity index (χ4v) is 5.73. The van der Waals surface area contributed by atoms with Gasteiger partial charge in [-0.25, -0.2) is 4.68 Å². The number of nitrogens with one attached hydrogen (secondary N) is 1. The summed E-state index contributed by atoms with van der Waals surface area (Å²) in [5.41, 5.74) is 3.63. The smallest absolute Gasteiger partial charge is 0.226 e. The number of fused-ring (bicyclic) bond motifs is 1. The second-order valence-electron chi connectivity index (χ2n) is 8.68. The molecule has 0 saturated heterocycles. The largest absolute Gasteiger partial charge is 0.493 e. The first-order valence-electron chi connectivity index (χ1n) is 11.5. The predicted octanol–water partition coefficient (Wildman–Crippen LogP) is 5.34. The monoisotopic (exact) mass is 484 g/mol. The van der Waals surface area contributed by atoms with Crippen molar-refractivity contribution in [3.8, 4) is 11.5 Å². The standard InChI is InChI=1S/C27H24N4O3S/c1-33-22-10-9-18(14-23(22)34-15-17-6-3-2-4-7-17)26-25-20(30-27-28-16-29-31(26)27)12-19(13-21(25)32)24-8-5-11-35-24/h2-11,14,16,19,26H,12-13,15H2,1H3,(H,28,29,30)/t19-,26+/m1/s1. The minimum atomic E-state index is -0.384. The average Bonchev–Trinajstić information content (AvgIpc) is 3.59. The molecule has 7 nitrogen and oxygen atoms in total. The Bertz CT molecular complexity index is 1400. The van der Waals surface area contributed by atoms with Crippen LogP contribution in [0.25, 0.3) is 0 Å². The molecule has 3 heterocycles. The van der Waals surface area contributed by atoms with Gasteiger partial charge in [-0.2, -0.15) is 10.1 Å². The van der Waals surface area contributed by atoms with Crippen molar-refractivity contribution in [1.82, 2.24) is 14.8 Å². The third-order valence-corrected chi connectivity index (χ3v) is 7.58. The van der Waals surface area contributed by atoms with Crippen LogP contribution in [-0.4, -0.2) is 27.7 Å². The number of ketones is 1. The summed E-state index contributed by atoms with van der Waals surface area (Å²) in [5.74, 6) is 2.20. The molecule has 176 valence electrons. The number of carbonyl (C=O) groups is 1. The molecule has 2 aromatic heterocycles. The van der Waals surface area contributed by atoms with Crippen LogP contribution in [0, 0.1) is 0 Å². The van der Waals surface area contributed by atoms with Crippen molar-refractivity contribution in [2.24, 2.45) is 0 Å². The molecule has 2 atom stereocenters. The number of aromatic nitrogens is 3. The van der Waals surface area contributed by atoms with E-state index < -0.39 is 0 Å². The third kappa shape index (κ3) is 4.00. The lowest BCUT2D eigenvalue weighted by molar-refractivity contribution is -0.116. The van der Waals surface area contributed by atoms with Crippen LogP contribution in [0.3, 0.4) is 0 Å². The molecule has 6 rings (SSSR count). The number of ether oxygens (including phenoxy) is 2. The number of nitrogens with zero attached hydrogens (tertiary/aromatic N) is 3. The minimum Gasteiger partial charge on any atom is -0.493 e. The van der Waals surface area contributed by atoms with Gasteiger partial charge in [0.25, 0.3) is 0 Å². The molecule has 2 aliphatic rings. The van der Waals surface area contributed by atoms with Gasteiger partial charge < -0.3 is 14.8 Å². The van der Waals surface area contributed by atoms with Gasteiger partial charge in [-0.3, -0.25) is 4.79 Å². The average molecular weight is 485 g/mol. The maximum absolute atomic E-state index is 13.6. The molecule has 0 amide bonds. The van der Waals surface area contributed by atoms with Gasteiger partial charge in [0.05, 0.1) is 7.11 Å². The van der Waals surface area contributed by atoms with E-state index in [1.54, 1.807) is 23.1 Å². The van der Waals surface area contributed by atoms with Gasteiger partial charge in [-0.1, -0.05) is 42.5 Å². The lowest BCUT2D eigenvalue weighted by atomic mass is 9.80. The molecule has 0 bridgehead atoms. The van der Waals surface area contributed by atoms with E-state index >= 15 is 0 Å². The maximum Gasteiger partial charge on any atom is 0.226 e. The van der Waals surface area contributed by atoms with Crippen molar-refractivity contribution in [1.29, 1.82) is 0 Å². The fraction of sp³-hybridized carbons (Fsp3) is 0.222. The second-order valence-corrected chi connectivity index (χ2v) is 9.66. The highest BCUT2D eigenvalue weighted by Gasteiger charge is 2.39. The summed E-state index contributed by atoms with van der Waals surface area (Å²) in [7, 11) is 1.63. The van der Waals surface area contributed by atoms with Gasteiger partial charge in [-0.05, 0) is 41.1 Å². The number of thiophene rings is 1. The van der Waals surface area contributed by atoms with Crippen LogP contribution >= 0.6 is 11.3 Å². The molecule has 1 aliphatic heterocycles. The molecular formula is C27H24N4O3S. The Morgan fingerprint density at radius 3 is 2.77 bits per heavy atom. The Morgan fingerprint density at radius 1 is 1.09 bits per heavy atom. The quantitative estimate of drug-likeness (QED) is 0.398. The van der Waals surface area contributed by atoms with Crippen molar-refractivity contribution < 1.29 is 14.3 Å². The zero-order valence-corrected chi connectivity index (χ0v) is 20.0. The van der Waals surface area contributed by atoms with Gasteiger partial charge in [0.2, 0.25) is 5.95 Å². The number of rotatable bonds is 6. The molecule has 0 fully saturated rings. The highest BCUT2D eigenvalue weighted by Crippen LogP contribution is 2.45. The number of anilines is 1. The summed E-state index contributed by atoms with van der Waals surface area (Å²) in [6, 6.07) is 19.6. The van der Waals surface area contributed by atoms with E-state index in [1.165, 1.54) is 11.2 Å². The number of Topliss-reactive ketones (excluding diaryl/α,β-unsaturated/α-hetero) is 1. The highest BCUT2D eigenvalue weighted by atomic mass is 32.1. The van der Waals surface area contributed by atoms with Gasteiger partial charge in [-0.15, -0.1) is 11.3 Å². The molecule has 2 aromatic carbocycles. The summed E-state index contributed by atoms with van der Waals surface area (Å²) in [5, 5.41) is 9.90. The molecule has 1 N–H and O–H groups in total. The first-order valence-corrected chi connectivity index (χ1v) is 12.4. The van der Waals surface area contributed by atoms with Crippen LogP contribution in [0.5, 0.6) is 11.5 Å². The summed E-state index contributed by atoms with van der Waals surface area (Å²) >= 11 is 1.70. The lowest BCUT2D eigenvalue weighted by Gasteiger charge is -2.35. The maximum atomic E-state index is 13.6. The van der Waals surface area contributed by atoms with Crippen molar-refractivity contribution in [2.75, 3.05) is 12.4 Å². The lowest BCUT2D eigenvalue weighted by Crippen LogP contribution is -2.33. The zero-order chi connectivity index (χ0) is 23.8. The Hall–Kier alpha value is -3.91. The highest BCUT2D eigenvalue weighted by molar-refractivity contribution is 7.10. The van der Waals surface area contributed by atoms with Gasteiger partial charge in [0.15, 0.2) is 17.3 Å². The molecule has 8 heteroatoms. The van der Waals surface area contributed by atoms with E-state index in [-0.39, 0.29) is 17.7 Å². The molecule has 4 aromatic rings. The van der Waals surface area contributed by atoms with Gasteiger partial charge >= 0.3 is 0 Å². The van der Waals surface area contributed by atoms with E-state index in [4.69, 9.17) is 9.47 Å². The third-order valence-electron chi connectivity index (χ3n) is 6.55. The fourth-order valence-electron chi connectivity index (χ4n) is 4.90. The molecule has 1 aliphatic carbocycles. The van der Waals surface area contributed by atoms with E-state index in [2.05, 4.69) is 26.8 Å². The van der Waals surface area contributed by atoms with Crippen molar-refractivity contribution >= 4 is 23.1 Å². The van der Waals surface area contributed by atoms with Crippen LogP contribution in [0.15, 0.2) is 83.6 Å². The Morgan fingerprint density at radius 2 is 1.97 bits per heavy atom. The molecule has 35 heavy (non-hydrogen) atoms. The Labute approximate surface area is 207 Å². The topological polar surface area (TPSA) is 78.3 Å². The van der Waals surface area contributed by atoms with Gasteiger partial charge in [0.1, 0.15) is 19.0 Å². The Balaban J connectivity index is 1.38. The van der Waals surface area contributed by atoms with E-state index in [0.29, 0.717) is 30.5 Å². The zero-order valence-electron chi connectivity index (χ0n) is 19.2. The summed E-state index contributed by atoms with van der Waals surface area (Å²) in [6.45, 7) is 0.414. The van der Waals surface area contributed by atoms with Gasteiger partial charge in [0, 0.05) is 28.5 Å². The number of hydrogen-bond donors (Lipinski definition) is 1. The van der Waals surface area contributed by atoms with E-state index in [9.17, 15) is 4.79 Å². The molecule has 0 unspecified atom stereocenters. The van der Waals surface area contributed by atoms with Crippen LogP contribution in [-0.2, 0) is 11.4 Å². The molecule has 0 spiro atoms. The molecular weight excluding hydrogens is 460 g/mol. The summed E-state index contributed by atoms with van der Waals surface area (Å²) < 4.78 is 13.5. The van der Waals surface area contributed by atoms with Crippen molar-refractivity contribution in [3.63, 3.8) is 0 Å².